The molecule has 0 bridgehead atoms. The van der Waals surface area contributed by atoms with E-state index in [9.17, 15) is 4.79 Å². The molecule has 4 aliphatic carbocycles. The average molecular weight is 580 g/mol. The Morgan fingerprint density at radius 2 is 1.72 bits per heavy atom. The van der Waals surface area contributed by atoms with Crippen molar-refractivity contribution in [3.8, 4) is 0 Å². The quantitative estimate of drug-likeness (QED) is 0.130. The number of allylic oxidation sites excluding steroid dienone is 2. The molecule has 3 saturated carbocycles. The summed E-state index contributed by atoms with van der Waals surface area (Å²) >= 11 is 5.34. The number of hydrogen-bond acceptors (Lipinski definition) is 2. The Hall–Kier alpha value is 0.240. The van der Waals surface area contributed by atoms with Crippen LogP contribution in [0.25, 0.3) is 0 Å². The fourth-order valence-corrected chi connectivity index (χ4v) is 11.0. The minimum absolute atomic E-state index is 0.0446. The second-order valence-electron chi connectivity index (χ2n) is 13.5. The summed E-state index contributed by atoms with van der Waals surface area (Å²) in [6.45, 7) is 9.85. The molecule has 3 fully saturated rings. The number of rotatable bonds is 12. The van der Waals surface area contributed by atoms with Gasteiger partial charge in [-0.25, -0.2) is 0 Å². The summed E-state index contributed by atoms with van der Waals surface area (Å²) < 4.78 is 0. The van der Waals surface area contributed by atoms with Gasteiger partial charge in [-0.1, -0.05) is 118 Å². The Labute approximate surface area is 236 Å². The standard InChI is InChI=1S/C33H55BrOS/c1-5-7-9-10-11-12-13-24-16-18-28-27-17-15-25-23-26(36-31(35)30(34)14-8-6-2)19-21-33(25,4)29(27)20-22-32(24,28)3/h15,24,26-30H,5-14,16-23H2,1-4H3/t24-,26-,27-,28-,29-,30-,32+,33-/m0/s1. The first-order chi connectivity index (χ1) is 17.3. The summed E-state index contributed by atoms with van der Waals surface area (Å²) in [5.41, 5.74) is 2.73. The molecule has 0 radical (unpaired) electrons. The van der Waals surface area contributed by atoms with Crippen LogP contribution >= 0.6 is 27.7 Å². The first-order valence-corrected chi connectivity index (χ1v) is 17.7. The van der Waals surface area contributed by atoms with Crippen molar-refractivity contribution in [1.82, 2.24) is 0 Å². The SMILES string of the molecule is CCCCCCCC[C@H]1CC[C@H]2[C@@H]3CC=C4C[C@@H](SC(=O)[C@@H](Br)CCCC)CC[C@]4(C)[C@H]3CC[C@]12C. The van der Waals surface area contributed by atoms with Crippen LogP contribution in [0.5, 0.6) is 0 Å². The predicted octanol–water partition coefficient (Wildman–Crippen LogP) is 10.9. The van der Waals surface area contributed by atoms with Gasteiger partial charge < -0.3 is 0 Å². The van der Waals surface area contributed by atoms with Crippen LogP contribution in [0, 0.1) is 34.5 Å². The average Bonchev–Trinajstić information content (AvgIpc) is 3.21. The summed E-state index contributed by atoms with van der Waals surface area (Å²) in [5, 5.41) is 0.874. The minimum Gasteiger partial charge on any atom is -0.286 e. The van der Waals surface area contributed by atoms with Gasteiger partial charge in [0.25, 0.3) is 0 Å². The lowest BCUT2D eigenvalue weighted by Gasteiger charge is -2.58. The molecular formula is C33H55BrOS. The van der Waals surface area contributed by atoms with Crippen LogP contribution in [-0.2, 0) is 4.79 Å². The van der Waals surface area contributed by atoms with E-state index in [0.29, 0.717) is 21.2 Å². The van der Waals surface area contributed by atoms with E-state index in [1.807, 2.05) is 0 Å². The van der Waals surface area contributed by atoms with E-state index in [1.54, 1.807) is 17.3 Å². The Morgan fingerprint density at radius 1 is 0.972 bits per heavy atom. The molecule has 206 valence electrons. The number of hydrogen-bond donors (Lipinski definition) is 0. The molecular weight excluding hydrogens is 524 g/mol. The van der Waals surface area contributed by atoms with E-state index >= 15 is 0 Å². The first-order valence-electron chi connectivity index (χ1n) is 15.9. The van der Waals surface area contributed by atoms with E-state index in [4.69, 9.17) is 0 Å². The second-order valence-corrected chi connectivity index (χ2v) is 16.0. The second kappa shape index (κ2) is 13.1. The highest BCUT2D eigenvalue weighted by Crippen LogP contribution is 2.67. The highest BCUT2D eigenvalue weighted by atomic mass is 79.9. The van der Waals surface area contributed by atoms with Gasteiger partial charge in [0.15, 0.2) is 0 Å². The van der Waals surface area contributed by atoms with Crippen molar-refractivity contribution < 1.29 is 4.79 Å². The third-order valence-corrected chi connectivity index (χ3v) is 13.9. The lowest BCUT2D eigenvalue weighted by Crippen LogP contribution is -2.50. The zero-order chi connectivity index (χ0) is 25.8. The van der Waals surface area contributed by atoms with Crippen molar-refractivity contribution in [2.45, 2.75) is 153 Å². The van der Waals surface area contributed by atoms with Crippen LogP contribution in [0.15, 0.2) is 11.6 Å². The van der Waals surface area contributed by atoms with E-state index in [1.165, 1.54) is 89.9 Å². The van der Waals surface area contributed by atoms with E-state index in [0.717, 1.165) is 49.4 Å². The minimum atomic E-state index is 0.0446. The van der Waals surface area contributed by atoms with Gasteiger partial charge in [0.05, 0.1) is 4.83 Å². The zero-order valence-corrected chi connectivity index (χ0v) is 26.4. The van der Waals surface area contributed by atoms with Gasteiger partial charge >= 0.3 is 0 Å². The van der Waals surface area contributed by atoms with E-state index in [-0.39, 0.29) is 4.83 Å². The van der Waals surface area contributed by atoms with Gasteiger partial charge in [0, 0.05) is 5.25 Å². The molecule has 0 spiro atoms. The van der Waals surface area contributed by atoms with Gasteiger partial charge in [-0.2, -0.15) is 0 Å². The highest BCUT2D eigenvalue weighted by molar-refractivity contribution is 9.10. The molecule has 0 aromatic heterocycles. The molecule has 3 heteroatoms. The van der Waals surface area contributed by atoms with Crippen molar-refractivity contribution >= 4 is 32.8 Å². The molecule has 0 aromatic carbocycles. The van der Waals surface area contributed by atoms with Crippen molar-refractivity contribution in [3.63, 3.8) is 0 Å². The molecule has 0 aromatic rings. The fourth-order valence-electron chi connectivity index (χ4n) is 9.22. The van der Waals surface area contributed by atoms with Crippen LogP contribution in [0.2, 0.25) is 0 Å². The van der Waals surface area contributed by atoms with Crippen LogP contribution in [-0.4, -0.2) is 15.2 Å². The maximum absolute atomic E-state index is 12.8. The van der Waals surface area contributed by atoms with Crippen molar-refractivity contribution in [3.05, 3.63) is 11.6 Å². The molecule has 0 N–H and O–H groups in total. The number of thioether (sulfide) groups is 1. The highest BCUT2D eigenvalue weighted by Gasteiger charge is 2.58. The van der Waals surface area contributed by atoms with Gasteiger partial charge in [-0.15, -0.1) is 0 Å². The van der Waals surface area contributed by atoms with Crippen molar-refractivity contribution in [2.75, 3.05) is 0 Å². The Balaban J connectivity index is 1.34. The van der Waals surface area contributed by atoms with Crippen LogP contribution in [0.3, 0.4) is 0 Å². The summed E-state index contributed by atoms with van der Waals surface area (Å²) in [6, 6.07) is 0. The molecule has 0 aliphatic heterocycles. The number of fused-ring (bicyclic) bond motifs is 5. The van der Waals surface area contributed by atoms with Gasteiger partial charge in [-0.3, -0.25) is 4.79 Å². The maximum atomic E-state index is 12.8. The van der Waals surface area contributed by atoms with E-state index in [2.05, 4.69) is 49.7 Å². The van der Waals surface area contributed by atoms with Crippen LogP contribution in [0.1, 0.15) is 143 Å². The number of unbranched alkanes of at least 4 members (excludes halogenated alkanes) is 6. The lowest BCUT2D eigenvalue weighted by molar-refractivity contribution is -0.110. The topological polar surface area (TPSA) is 17.1 Å². The molecule has 0 amide bonds. The van der Waals surface area contributed by atoms with E-state index < -0.39 is 0 Å². The van der Waals surface area contributed by atoms with Crippen molar-refractivity contribution in [2.24, 2.45) is 34.5 Å². The monoisotopic (exact) mass is 578 g/mol. The van der Waals surface area contributed by atoms with Gasteiger partial charge in [-0.05, 0) is 98.7 Å². The summed E-state index contributed by atoms with van der Waals surface area (Å²) in [5.74, 6) is 3.74. The molecule has 0 unspecified atom stereocenters. The normalized spacial score (nSPS) is 38.6. The molecule has 0 heterocycles. The first kappa shape index (κ1) is 29.2. The smallest absolute Gasteiger partial charge is 0.202 e. The maximum Gasteiger partial charge on any atom is 0.202 e. The molecule has 1 nitrogen and oxygen atoms in total. The Morgan fingerprint density at radius 3 is 2.50 bits per heavy atom. The Kier molecular flexibility index (Phi) is 10.6. The number of carbonyl (C=O) groups is 1. The molecule has 4 rings (SSSR count). The third kappa shape index (κ3) is 6.18. The number of carbonyl (C=O) groups excluding carboxylic acids is 1. The summed E-state index contributed by atoms with van der Waals surface area (Å²) in [4.78, 5) is 12.9. The van der Waals surface area contributed by atoms with Crippen LogP contribution < -0.4 is 0 Å². The van der Waals surface area contributed by atoms with Crippen molar-refractivity contribution in [1.29, 1.82) is 0 Å². The predicted molar refractivity (Wildman–Crippen MR) is 162 cm³/mol. The lowest BCUT2D eigenvalue weighted by atomic mass is 9.47. The van der Waals surface area contributed by atoms with Crippen LogP contribution in [0.4, 0.5) is 0 Å². The molecule has 36 heavy (non-hydrogen) atoms. The largest absolute Gasteiger partial charge is 0.286 e. The number of alkyl halides is 1. The molecule has 8 atom stereocenters. The van der Waals surface area contributed by atoms with Gasteiger partial charge in [0.2, 0.25) is 5.12 Å². The molecule has 4 aliphatic rings. The summed E-state index contributed by atoms with van der Waals surface area (Å²) in [6.07, 6.45) is 27.0. The summed E-state index contributed by atoms with van der Waals surface area (Å²) in [7, 11) is 0. The van der Waals surface area contributed by atoms with Gasteiger partial charge in [0.1, 0.15) is 0 Å². The fraction of sp³-hybridized carbons (Fsp3) is 0.909. The third-order valence-electron chi connectivity index (χ3n) is 11.5. The molecule has 0 saturated heterocycles. The number of halogens is 1. The Bertz CT molecular complexity index is 763. The zero-order valence-electron chi connectivity index (χ0n) is 24.0.